The summed E-state index contributed by atoms with van der Waals surface area (Å²) in [6.45, 7) is 2.84. The average molecular weight is 244 g/mol. The SMILES string of the molecule is Cc1nc2cccc(C(=O)O)c2n1CC1CCC1. The summed E-state index contributed by atoms with van der Waals surface area (Å²) in [5, 5.41) is 9.28. The lowest BCUT2D eigenvalue weighted by Crippen LogP contribution is -2.19. The number of hydrogen-bond acceptors (Lipinski definition) is 2. The molecule has 18 heavy (non-hydrogen) atoms. The predicted molar refractivity (Wildman–Crippen MR) is 68.8 cm³/mol. The van der Waals surface area contributed by atoms with Gasteiger partial charge in [0.1, 0.15) is 5.82 Å². The van der Waals surface area contributed by atoms with Crippen molar-refractivity contribution in [3.63, 3.8) is 0 Å². The van der Waals surface area contributed by atoms with Crippen molar-refractivity contribution in [3.8, 4) is 0 Å². The van der Waals surface area contributed by atoms with Crippen LogP contribution in [0.1, 0.15) is 35.4 Å². The Morgan fingerprint density at radius 1 is 1.50 bits per heavy atom. The van der Waals surface area contributed by atoms with Crippen LogP contribution in [0.25, 0.3) is 11.0 Å². The van der Waals surface area contributed by atoms with Crippen LogP contribution in [0.5, 0.6) is 0 Å². The van der Waals surface area contributed by atoms with E-state index in [1.165, 1.54) is 19.3 Å². The van der Waals surface area contributed by atoms with E-state index in [4.69, 9.17) is 0 Å². The van der Waals surface area contributed by atoms with E-state index in [0.717, 1.165) is 23.4 Å². The third-order valence-electron chi connectivity index (χ3n) is 3.85. The molecule has 1 aliphatic carbocycles. The number of carbonyl (C=O) groups is 1. The minimum absolute atomic E-state index is 0.354. The maximum atomic E-state index is 11.3. The number of hydrogen-bond donors (Lipinski definition) is 1. The first-order valence-electron chi connectivity index (χ1n) is 6.36. The second-order valence-electron chi connectivity index (χ2n) is 5.05. The Labute approximate surface area is 105 Å². The summed E-state index contributed by atoms with van der Waals surface area (Å²) in [7, 11) is 0. The lowest BCUT2D eigenvalue weighted by Gasteiger charge is -2.26. The van der Waals surface area contributed by atoms with Gasteiger partial charge >= 0.3 is 5.97 Å². The Kier molecular flexibility index (Phi) is 2.58. The van der Waals surface area contributed by atoms with Gasteiger partial charge in [-0.3, -0.25) is 0 Å². The smallest absolute Gasteiger partial charge is 0.337 e. The largest absolute Gasteiger partial charge is 0.478 e. The van der Waals surface area contributed by atoms with Crippen LogP contribution in [0.15, 0.2) is 18.2 Å². The Morgan fingerprint density at radius 2 is 2.28 bits per heavy atom. The van der Waals surface area contributed by atoms with Gasteiger partial charge < -0.3 is 9.67 Å². The minimum Gasteiger partial charge on any atom is -0.478 e. The van der Waals surface area contributed by atoms with Gasteiger partial charge in [-0.25, -0.2) is 9.78 Å². The first-order valence-corrected chi connectivity index (χ1v) is 6.36. The number of nitrogens with zero attached hydrogens (tertiary/aromatic N) is 2. The zero-order chi connectivity index (χ0) is 12.7. The lowest BCUT2D eigenvalue weighted by molar-refractivity contribution is 0.0698. The van der Waals surface area contributed by atoms with Crippen molar-refractivity contribution in [2.45, 2.75) is 32.7 Å². The first kappa shape index (κ1) is 11.3. The van der Waals surface area contributed by atoms with E-state index in [1.807, 2.05) is 13.0 Å². The van der Waals surface area contributed by atoms with Crippen molar-refractivity contribution >= 4 is 17.0 Å². The molecule has 0 radical (unpaired) electrons. The van der Waals surface area contributed by atoms with Gasteiger partial charge in [0, 0.05) is 6.54 Å². The molecule has 4 nitrogen and oxygen atoms in total. The topological polar surface area (TPSA) is 55.1 Å². The predicted octanol–water partition coefficient (Wildman–Crippen LogP) is 2.84. The van der Waals surface area contributed by atoms with Crippen LogP contribution in [-0.2, 0) is 6.54 Å². The highest BCUT2D eigenvalue weighted by molar-refractivity contribution is 6.01. The quantitative estimate of drug-likeness (QED) is 0.903. The molecule has 0 unspecified atom stereocenters. The molecule has 4 heteroatoms. The molecule has 0 amide bonds. The Balaban J connectivity index is 2.15. The van der Waals surface area contributed by atoms with Crippen LogP contribution in [-0.4, -0.2) is 20.6 Å². The van der Waals surface area contributed by atoms with Crippen molar-refractivity contribution in [1.82, 2.24) is 9.55 Å². The number of carboxylic acid groups (broad SMARTS) is 1. The summed E-state index contributed by atoms with van der Waals surface area (Å²) in [6.07, 6.45) is 3.78. The molecule has 1 saturated carbocycles. The van der Waals surface area contributed by atoms with E-state index in [2.05, 4.69) is 9.55 Å². The lowest BCUT2D eigenvalue weighted by atomic mass is 9.85. The van der Waals surface area contributed by atoms with E-state index in [-0.39, 0.29) is 0 Å². The molecule has 0 aliphatic heterocycles. The number of fused-ring (bicyclic) bond motifs is 1. The van der Waals surface area contributed by atoms with Crippen LogP contribution >= 0.6 is 0 Å². The van der Waals surface area contributed by atoms with Crippen LogP contribution in [0, 0.1) is 12.8 Å². The van der Waals surface area contributed by atoms with Gasteiger partial charge in [0.2, 0.25) is 0 Å². The highest BCUT2D eigenvalue weighted by Crippen LogP contribution is 2.30. The number of aryl methyl sites for hydroxylation is 1. The maximum Gasteiger partial charge on any atom is 0.337 e. The molecule has 3 rings (SSSR count). The standard InChI is InChI=1S/C14H16N2O2/c1-9-15-12-7-3-6-11(14(17)18)13(12)16(9)8-10-4-2-5-10/h3,6-7,10H,2,4-5,8H2,1H3,(H,17,18). The molecule has 1 N–H and O–H groups in total. The van der Waals surface area contributed by atoms with E-state index in [9.17, 15) is 9.90 Å². The third kappa shape index (κ3) is 1.68. The zero-order valence-electron chi connectivity index (χ0n) is 10.4. The second kappa shape index (κ2) is 4.12. The maximum absolute atomic E-state index is 11.3. The van der Waals surface area contributed by atoms with Crippen LogP contribution in [0.3, 0.4) is 0 Å². The van der Waals surface area contributed by atoms with Crippen LogP contribution in [0.4, 0.5) is 0 Å². The zero-order valence-corrected chi connectivity index (χ0v) is 10.4. The van der Waals surface area contributed by atoms with Crippen molar-refractivity contribution in [2.75, 3.05) is 0 Å². The van der Waals surface area contributed by atoms with Gasteiger partial charge in [-0.05, 0) is 37.8 Å². The first-order chi connectivity index (χ1) is 8.66. The number of para-hydroxylation sites is 1. The number of benzene rings is 1. The number of aromatic nitrogens is 2. The summed E-state index contributed by atoms with van der Waals surface area (Å²) in [5.41, 5.74) is 1.91. The highest BCUT2D eigenvalue weighted by atomic mass is 16.4. The molecule has 0 bridgehead atoms. The van der Waals surface area contributed by atoms with E-state index in [1.54, 1.807) is 12.1 Å². The number of imidazole rings is 1. The molecule has 2 aromatic rings. The van der Waals surface area contributed by atoms with Crippen molar-refractivity contribution in [3.05, 3.63) is 29.6 Å². The Morgan fingerprint density at radius 3 is 2.89 bits per heavy atom. The summed E-state index contributed by atoms with van der Waals surface area (Å²) < 4.78 is 2.07. The van der Waals surface area contributed by atoms with E-state index >= 15 is 0 Å². The summed E-state index contributed by atoms with van der Waals surface area (Å²) >= 11 is 0. The fourth-order valence-corrected chi connectivity index (χ4v) is 2.63. The van der Waals surface area contributed by atoms with Gasteiger partial charge in [0.15, 0.2) is 0 Å². The van der Waals surface area contributed by atoms with Gasteiger partial charge in [-0.1, -0.05) is 12.5 Å². The van der Waals surface area contributed by atoms with Gasteiger partial charge in [-0.15, -0.1) is 0 Å². The van der Waals surface area contributed by atoms with Crippen molar-refractivity contribution in [2.24, 2.45) is 5.92 Å². The third-order valence-corrected chi connectivity index (χ3v) is 3.85. The summed E-state index contributed by atoms with van der Waals surface area (Å²) in [5.74, 6) is 0.712. The van der Waals surface area contributed by atoms with Gasteiger partial charge in [0.05, 0.1) is 16.6 Å². The second-order valence-corrected chi connectivity index (χ2v) is 5.05. The summed E-state index contributed by atoms with van der Waals surface area (Å²) in [4.78, 5) is 15.8. The fourth-order valence-electron chi connectivity index (χ4n) is 2.63. The highest BCUT2D eigenvalue weighted by Gasteiger charge is 2.22. The van der Waals surface area contributed by atoms with Gasteiger partial charge in [0.25, 0.3) is 0 Å². The van der Waals surface area contributed by atoms with Crippen LogP contribution in [0.2, 0.25) is 0 Å². The van der Waals surface area contributed by atoms with Crippen molar-refractivity contribution < 1.29 is 9.90 Å². The molecule has 1 fully saturated rings. The van der Waals surface area contributed by atoms with Gasteiger partial charge in [-0.2, -0.15) is 0 Å². The molecule has 1 aromatic carbocycles. The normalized spacial score (nSPS) is 15.8. The van der Waals surface area contributed by atoms with Crippen molar-refractivity contribution in [1.29, 1.82) is 0 Å². The fraction of sp³-hybridized carbons (Fsp3) is 0.429. The molecule has 0 saturated heterocycles. The number of aromatic carboxylic acids is 1. The molecule has 94 valence electrons. The van der Waals surface area contributed by atoms with Crippen LogP contribution < -0.4 is 0 Å². The molecule has 0 atom stereocenters. The number of carboxylic acids is 1. The monoisotopic (exact) mass is 244 g/mol. The average Bonchev–Trinajstić information content (AvgIpc) is 2.59. The molecular formula is C14H16N2O2. The minimum atomic E-state index is -0.879. The molecule has 1 heterocycles. The van der Waals surface area contributed by atoms with E-state index in [0.29, 0.717) is 11.5 Å². The molecule has 1 aromatic heterocycles. The Hall–Kier alpha value is -1.84. The molecular weight excluding hydrogens is 228 g/mol. The summed E-state index contributed by atoms with van der Waals surface area (Å²) in [6, 6.07) is 5.29. The molecule has 0 spiro atoms. The molecule has 1 aliphatic rings. The van der Waals surface area contributed by atoms with E-state index < -0.39 is 5.97 Å². The Bertz CT molecular complexity index is 612. The number of rotatable bonds is 3.